The van der Waals surface area contributed by atoms with Crippen LogP contribution in [0.1, 0.15) is 37.4 Å². The number of para-hydroxylation sites is 1. The van der Waals surface area contributed by atoms with Crippen LogP contribution in [0.4, 0.5) is 0 Å². The average molecular weight is 392 g/mol. The Hall–Kier alpha value is -3.47. The topological polar surface area (TPSA) is 111 Å². The zero-order chi connectivity index (χ0) is 20.7. The molecule has 0 saturated carbocycles. The van der Waals surface area contributed by atoms with E-state index in [4.69, 9.17) is 10.5 Å². The Bertz CT molecular complexity index is 1080. The molecule has 2 unspecified atom stereocenters. The molecule has 1 aromatic carbocycles. The van der Waals surface area contributed by atoms with E-state index in [1.807, 2.05) is 30.2 Å². The van der Waals surface area contributed by atoms with Crippen LogP contribution in [0.5, 0.6) is 0 Å². The van der Waals surface area contributed by atoms with Crippen molar-refractivity contribution in [2.45, 2.75) is 32.4 Å². The number of amides is 1. The van der Waals surface area contributed by atoms with Gasteiger partial charge in [0.2, 0.25) is 11.8 Å². The number of carbonyl (C=O) groups excluding carboxylic acids is 1. The Balaban J connectivity index is 1.84. The SMILES string of the molecule is COC1=C(C)N=C(N)C(c2c[nH]c3c(C#N)cccc23)N1C1CCN(C(C)=O)C1. The number of carbonyl (C=O) groups is 1. The van der Waals surface area contributed by atoms with Crippen molar-refractivity contribution in [2.24, 2.45) is 10.7 Å². The zero-order valence-electron chi connectivity index (χ0n) is 16.8. The molecular formula is C21H24N6O2. The molecular weight excluding hydrogens is 368 g/mol. The second-order valence-electron chi connectivity index (χ2n) is 7.43. The molecule has 8 nitrogen and oxygen atoms in total. The van der Waals surface area contributed by atoms with Gasteiger partial charge in [0.15, 0.2) is 0 Å². The van der Waals surface area contributed by atoms with Crippen molar-refractivity contribution in [3.63, 3.8) is 0 Å². The largest absolute Gasteiger partial charge is 0.481 e. The van der Waals surface area contributed by atoms with E-state index in [2.05, 4.69) is 20.9 Å². The summed E-state index contributed by atoms with van der Waals surface area (Å²) in [7, 11) is 1.63. The standard InChI is InChI=1S/C21H24N6O2/c1-12-21(29-3)27(15-7-8-26(11-15)13(2)28)19(20(23)25-12)17-10-24-18-14(9-22)5-4-6-16(17)18/h4-6,10,15,19,24H,7-8,11H2,1-3H3,(H2,23,25). The zero-order valence-corrected chi connectivity index (χ0v) is 16.8. The average Bonchev–Trinajstić information content (AvgIpc) is 3.34. The van der Waals surface area contributed by atoms with E-state index in [0.717, 1.165) is 22.9 Å². The maximum atomic E-state index is 11.9. The number of hydrogen-bond acceptors (Lipinski definition) is 6. The third kappa shape index (κ3) is 2.99. The first-order valence-electron chi connectivity index (χ1n) is 9.59. The predicted octanol–water partition coefficient (Wildman–Crippen LogP) is 2.21. The van der Waals surface area contributed by atoms with Gasteiger partial charge in [-0.05, 0) is 19.4 Å². The number of methoxy groups -OCH3 is 1. The van der Waals surface area contributed by atoms with Gasteiger partial charge in [0.05, 0.1) is 29.9 Å². The normalized spacial score (nSPS) is 22.1. The van der Waals surface area contributed by atoms with Crippen molar-refractivity contribution in [3.05, 3.63) is 47.1 Å². The highest BCUT2D eigenvalue weighted by molar-refractivity contribution is 5.96. The van der Waals surface area contributed by atoms with Crippen LogP contribution in [0, 0.1) is 11.3 Å². The van der Waals surface area contributed by atoms with Crippen LogP contribution in [-0.4, -0.2) is 52.8 Å². The molecule has 2 aromatic rings. The number of likely N-dealkylation sites (tertiary alicyclic amines) is 1. The van der Waals surface area contributed by atoms with Crippen LogP contribution in [0.2, 0.25) is 0 Å². The fraction of sp³-hybridized carbons (Fsp3) is 0.381. The number of allylic oxidation sites excluding steroid dienone is 1. The Labute approximate surface area is 169 Å². The number of benzene rings is 1. The highest BCUT2D eigenvalue weighted by atomic mass is 16.5. The van der Waals surface area contributed by atoms with E-state index >= 15 is 0 Å². The lowest BCUT2D eigenvalue weighted by molar-refractivity contribution is -0.128. The van der Waals surface area contributed by atoms with Crippen molar-refractivity contribution in [1.29, 1.82) is 5.26 Å². The molecule has 8 heteroatoms. The first-order chi connectivity index (χ1) is 14.0. The van der Waals surface area contributed by atoms with Crippen molar-refractivity contribution < 1.29 is 9.53 Å². The number of hydrogen-bond donors (Lipinski definition) is 2. The summed E-state index contributed by atoms with van der Waals surface area (Å²) < 4.78 is 5.73. The van der Waals surface area contributed by atoms with Gasteiger partial charge in [0, 0.05) is 37.2 Å². The lowest BCUT2D eigenvalue weighted by atomic mass is 9.98. The Morgan fingerprint density at radius 1 is 1.45 bits per heavy atom. The van der Waals surface area contributed by atoms with Gasteiger partial charge >= 0.3 is 0 Å². The third-order valence-electron chi connectivity index (χ3n) is 5.76. The number of aromatic nitrogens is 1. The molecule has 1 fully saturated rings. The Kier molecular flexibility index (Phi) is 4.66. The highest BCUT2D eigenvalue weighted by Gasteiger charge is 2.41. The van der Waals surface area contributed by atoms with Gasteiger partial charge in [0.1, 0.15) is 17.9 Å². The molecule has 1 saturated heterocycles. The number of aromatic amines is 1. The lowest BCUT2D eigenvalue weighted by Gasteiger charge is -2.41. The number of nitriles is 1. The van der Waals surface area contributed by atoms with Crippen LogP contribution in [-0.2, 0) is 9.53 Å². The number of rotatable bonds is 3. The molecule has 2 aliphatic rings. The Morgan fingerprint density at radius 2 is 2.24 bits per heavy atom. The van der Waals surface area contributed by atoms with E-state index in [9.17, 15) is 10.1 Å². The Morgan fingerprint density at radius 3 is 2.90 bits per heavy atom. The van der Waals surface area contributed by atoms with Crippen molar-refractivity contribution in [2.75, 3.05) is 20.2 Å². The van der Waals surface area contributed by atoms with Gasteiger partial charge in [-0.1, -0.05) is 12.1 Å². The second kappa shape index (κ2) is 7.17. The maximum absolute atomic E-state index is 11.9. The third-order valence-corrected chi connectivity index (χ3v) is 5.76. The molecule has 3 N–H and O–H groups in total. The van der Waals surface area contributed by atoms with Gasteiger partial charge in [0.25, 0.3) is 0 Å². The summed E-state index contributed by atoms with van der Waals surface area (Å²) in [6, 6.07) is 7.54. The molecule has 1 aromatic heterocycles. The summed E-state index contributed by atoms with van der Waals surface area (Å²) in [5.74, 6) is 1.19. The van der Waals surface area contributed by atoms with Crippen LogP contribution in [0.3, 0.4) is 0 Å². The van der Waals surface area contributed by atoms with E-state index < -0.39 is 0 Å². The van der Waals surface area contributed by atoms with Crippen LogP contribution in [0.25, 0.3) is 10.9 Å². The summed E-state index contributed by atoms with van der Waals surface area (Å²) in [4.78, 5) is 23.6. The molecule has 29 heavy (non-hydrogen) atoms. The number of aliphatic imine (C=N–C) groups is 1. The number of fused-ring (bicyclic) bond motifs is 1. The highest BCUT2D eigenvalue weighted by Crippen LogP contribution is 2.39. The fourth-order valence-corrected chi connectivity index (χ4v) is 4.44. The molecule has 0 spiro atoms. The predicted molar refractivity (Wildman–Crippen MR) is 110 cm³/mol. The molecule has 2 aliphatic heterocycles. The molecule has 0 bridgehead atoms. The maximum Gasteiger partial charge on any atom is 0.219 e. The monoisotopic (exact) mass is 392 g/mol. The van der Waals surface area contributed by atoms with Crippen molar-refractivity contribution in [3.8, 4) is 6.07 Å². The minimum Gasteiger partial charge on any atom is -0.481 e. The van der Waals surface area contributed by atoms with Gasteiger partial charge < -0.3 is 25.3 Å². The summed E-state index contributed by atoms with van der Waals surface area (Å²) in [6.07, 6.45) is 2.70. The number of ether oxygens (including phenoxy) is 1. The van der Waals surface area contributed by atoms with Gasteiger partial charge in [-0.3, -0.25) is 4.79 Å². The molecule has 4 rings (SSSR count). The molecule has 0 radical (unpaired) electrons. The van der Waals surface area contributed by atoms with E-state index in [0.29, 0.717) is 36.1 Å². The fourth-order valence-electron chi connectivity index (χ4n) is 4.44. The number of H-pyrrole nitrogens is 1. The summed E-state index contributed by atoms with van der Waals surface area (Å²) in [5.41, 5.74) is 9.45. The van der Waals surface area contributed by atoms with Crippen LogP contribution in [0.15, 0.2) is 41.0 Å². The second-order valence-corrected chi connectivity index (χ2v) is 7.43. The molecule has 150 valence electrons. The van der Waals surface area contributed by atoms with Crippen LogP contribution < -0.4 is 5.73 Å². The number of amidine groups is 1. The van der Waals surface area contributed by atoms with E-state index in [1.54, 1.807) is 20.1 Å². The van der Waals surface area contributed by atoms with E-state index in [1.165, 1.54) is 0 Å². The summed E-state index contributed by atoms with van der Waals surface area (Å²) in [5, 5.41) is 10.4. The molecule has 1 amide bonds. The quantitative estimate of drug-likeness (QED) is 0.832. The van der Waals surface area contributed by atoms with E-state index in [-0.39, 0.29) is 18.0 Å². The summed E-state index contributed by atoms with van der Waals surface area (Å²) >= 11 is 0. The lowest BCUT2D eigenvalue weighted by Crippen LogP contribution is -2.47. The van der Waals surface area contributed by atoms with Crippen LogP contribution >= 0.6 is 0 Å². The van der Waals surface area contributed by atoms with Crippen molar-refractivity contribution in [1.82, 2.24) is 14.8 Å². The van der Waals surface area contributed by atoms with Gasteiger partial charge in [-0.2, -0.15) is 5.26 Å². The number of nitrogens with zero attached hydrogens (tertiary/aromatic N) is 4. The molecule has 2 atom stereocenters. The number of nitrogens with two attached hydrogens (primary N) is 1. The van der Waals surface area contributed by atoms with Gasteiger partial charge in [-0.25, -0.2) is 4.99 Å². The summed E-state index contributed by atoms with van der Waals surface area (Å²) in [6.45, 7) is 4.76. The van der Waals surface area contributed by atoms with Crippen molar-refractivity contribution >= 4 is 22.6 Å². The van der Waals surface area contributed by atoms with Gasteiger partial charge in [-0.15, -0.1) is 0 Å². The first-order valence-corrected chi connectivity index (χ1v) is 9.59. The molecule has 0 aliphatic carbocycles. The first kappa shape index (κ1) is 18.9. The minimum atomic E-state index is -0.353. The minimum absolute atomic E-state index is 0.0481. The number of nitrogens with one attached hydrogen (secondary N) is 1. The molecule has 3 heterocycles. The smallest absolute Gasteiger partial charge is 0.219 e.